The van der Waals surface area contributed by atoms with Gasteiger partial charge in [0.15, 0.2) is 5.78 Å². The Morgan fingerprint density at radius 3 is 2.33 bits per heavy atom. The summed E-state index contributed by atoms with van der Waals surface area (Å²) in [5, 5.41) is 13.6. The molecular formula is C24H24F3N5O4. The summed E-state index contributed by atoms with van der Waals surface area (Å²) in [6, 6.07) is 6.15. The van der Waals surface area contributed by atoms with Crippen LogP contribution in [0.25, 0.3) is 0 Å². The summed E-state index contributed by atoms with van der Waals surface area (Å²) < 4.78 is 46.8. The number of nitriles is 1. The normalized spacial score (nSPS) is 13.3. The summed E-state index contributed by atoms with van der Waals surface area (Å²) in [6.45, 7) is 5.68. The van der Waals surface area contributed by atoms with Gasteiger partial charge in [-0.1, -0.05) is 0 Å². The topological polar surface area (TPSA) is 124 Å². The van der Waals surface area contributed by atoms with Crippen molar-refractivity contribution < 1.29 is 32.3 Å². The third kappa shape index (κ3) is 6.71. The van der Waals surface area contributed by atoms with Crippen LogP contribution < -0.4 is 15.5 Å². The number of nitrogens with one attached hydrogen (secondary N) is 2. The quantitative estimate of drug-likeness (QED) is 0.431. The van der Waals surface area contributed by atoms with Crippen molar-refractivity contribution >= 4 is 34.8 Å². The number of amides is 2. The molecule has 2 aromatic rings. The Kier molecular flexibility index (Phi) is 7.52. The molecule has 1 aromatic carbocycles. The lowest BCUT2D eigenvalue weighted by Crippen LogP contribution is -2.38. The maximum atomic E-state index is 13.9. The SMILES string of the molecule is CC(C)(C)OC(=O)Nc1cc(N2CCC2)c(C(F)(F)F)cc1NC(=O)CC(=O)c1ccnc(C#N)c1. The van der Waals surface area contributed by atoms with Crippen LogP contribution in [0.1, 0.15) is 55.2 Å². The Labute approximate surface area is 205 Å². The molecule has 0 unspecified atom stereocenters. The monoisotopic (exact) mass is 503 g/mol. The van der Waals surface area contributed by atoms with Gasteiger partial charge in [-0.15, -0.1) is 0 Å². The van der Waals surface area contributed by atoms with Crippen LogP contribution >= 0.6 is 0 Å². The highest BCUT2D eigenvalue weighted by atomic mass is 19.4. The van der Waals surface area contributed by atoms with E-state index >= 15 is 0 Å². The van der Waals surface area contributed by atoms with Crippen molar-refractivity contribution in [3.05, 3.63) is 47.3 Å². The van der Waals surface area contributed by atoms with Crippen LogP contribution in [0.15, 0.2) is 30.5 Å². The maximum Gasteiger partial charge on any atom is 0.418 e. The van der Waals surface area contributed by atoms with Gasteiger partial charge in [-0.2, -0.15) is 18.4 Å². The minimum absolute atomic E-state index is 0.0264. The molecule has 1 aliphatic rings. The summed E-state index contributed by atoms with van der Waals surface area (Å²) in [5.41, 5.74) is -2.45. The molecule has 2 heterocycles. The minimum Gasteiger partial charge on any atom is -0.444 e. The molecule has 36 heavy (non-hydrogen) atoms. The number of hydrogen-bond acceptors (Lipinski definition) is 7. The van der Waals surface area contributed by atoms with Crippen molar-refractivity contribution in [3.8, 4) is 6.07 Å². The van der Waals surface area contributed by atoms with Crippen molar-refractivity contribution in [1.82, 2.24) is 4.98 Å². The minimum atomic E-state index is -4.74. The zero-order valence-corrected chi connectivity index (χ0v) is 19.8. The number of benzene rings is 1. The van der Waals surface area contributed by atoms with Crippen LogP contribution in [-0.2, 0) is 15.7 Å². The maximum absolute atomic E-state index is 13.9. The molecule has 0 aliphatic carbocycles. The van der Waals surface area contributed by atoms with Gasteiger partial charge in [-0.3, -0.25) is 14.9 Å². The smallest absolute Gasteiger partial charge is 0.418 e. The van der Waals surface area contributed by atoms with E-state index in [9.17, 15) is 27.6 Å². The van der Waals surface area contributed by atoms with E-state index in [1.165, 1.54) is 23.2 Å². The number of anilines is 3. The molecule has 0 bridgehead atoms. The van der Waals surface area contributed by atoms with Crippen molar-refractivity contribution in [2.24, 2.45) is 0 Å². The zero-order chi connectivity index (χ0) is 26.7. The number of ketones is 1. The van der Waals surface area contributed by atoms with Gasteiger partial charge in [0.1, 0.15) is 17.4 Å². The standard InChI is InChI=1S/C24H24F3N5O4/c1-23(2,3)36-22(35)31-18-11-19(32-7-4-8-32)16(24(25,26)27)10-17(18)30-21(34)12-20(33)14-5-6-29-15(9-14)13-28/h5-6,9-11H,4,7-8,12H2,1-3H3,(H,30,34)(H,31,35). The van der Waals surface area contributed by atoms with Crippen LogP contribution in [0.5, 0.6) is 0 Å². The summed E-state index contributed by atoms with van der Waals surface area (Å²) in [4.78, 5) is 42.7. The highest BCUT2D eigenvalue weighted by molar-refractivity contribution is 6.12. The summed E-state index contributed by atoms with van der Waals surface area (Å²) in [6.07, 6.45) is -4.43. The number of aromatic nitrogens is 1. The summed E-state index contributed by atoms with van der Waals surface area (Å²) in [7, 11) is 0. The Bertz CT molecular complexity index is 1230. The van der Waals surface area contributed by atoms with Crippen LogP contribution in [0, 0.1) is 11.3 Å². The van der Waals surface area contributed by atoms with E-state index in [1.807, 2.05) is 0 Å². The molecule has 1 aliphatic heterocycles. The van der Waals surface area contributed by atoms with E-state index in [0.29, 0.717) is 13.1 Å². The molecule has 3 rings (SSSR count). The van der Waals surface area contributed by atoms with Gasteiger partial charge in [0, 0.05) is 24.8 Å². The van der Waals surface area contributed by atoms with E-state index in [0.717, 1.165) is 18.6 Å². The third-order valence-corrected chi connectivity index (χ3v) is 5.07. The number of pyridine rings is 1. The molecule has 0 radical (unpaired) electrons. The van der Waals surface area contributed by atoms with Gasteiger partial charge in [0.25, 0.3) is 0 Å². The Morgan fingerprint density at radius 1 is 1.11 bits per heavy atom. The molecule has 0 atom stereocenters. The third-order valence-electron chi connectivity index (χ3n) is 5.07. The first-order valence-electron chi connectivity index (χ1n) is 11.0. The molecule has 1 saturated heterocycles. The lowest BCUT2D eigenvalue weighted by molar-refractivity contribution is -0.137. The number of rotatable bonds is 6. The van der Waals surface area contributed by atoms with Gasteiger partial charge in [-0.05, 0) is 51.5 Å². The van der Waals surface area contributed by atoms with Crippen molar-refractivity contribution in [3.63, 3.8) is 0 Å². The fraction of sp³-hybridized carbons (Fsp3) is 0.375. The first-order valence-corrected chi connectivity index (χ1v) is 11.0. The predicted molar refractivity (Wildman–Crippen MR) is 125 cm³/mol. The second-order valence-corrected chi connectivity index (χ2v) is 9.07. The van der Waals surface area contributed by atoms with Crippen LogP contribution in [0.4, 0.5) is 35.0 Å². The van der Waals surface area contributed by atoms with Gasteiger partial charge in [-0.25, -0.2) is 9.78 Å². The molecule has 12 heteroatoms. The van der Waals surface area contributed by atoms with E-state index in [-0.39, 0.29) is 28.3 Å². The van der Waals surface area contributed by atoms with E-state index in [1.54, 1.807) is 26.8 Å². The largest absolute Gasteiger partial charge is 0.444 e. The van der Waals surface area contributed by atoms with Gasteiger partial charge < -0.3 is 15.0 Å². The number of Topliss-reactive ketones (excluding diaryl/α,β-unsaturated/α-hetero) is 1. The van der Waals surface area contributed by atoms with Crippen molar-refractivity contribution in [1.29, 1.82) is 5.26 Å². The molecule has 0 spiro atoms. The number of halogens is 3. The fourth-order valence-corrected chi connectivity index (χ4v) is 3.36. The Balaban J connectivity index is 1.92. The number of carbonyl (C=O) groups excluding carboxylic acids is 3. The summed E-state index contributed by atoms with van der Waals surface area (Å²) in [5.74, 6) is -1.58. The first-order chi connectivity index (χ1) is 16.8. The van der Waals surface area contributed by atoms with Gasteiger partial charge in [0.2, 0.25) is 5.91 Å². The zero-order valence-electron chi connectivity index (χ0n) is 19.8. The average Bonchev–Trinajstić information content (AvgIpc) is 2.71. The van der Waals surface area contributed by atoms with Gasteiger partial charge >= 0.3 is 12.3 Å². The molecule has 1 fully saturated rings. The van der Waals surface area contributed by atoms with E-state index in [4.69, 9.17) is 10.00 Å². The van der Waals surface area contributed by atoms with E-state index in [2.05, 4.69) is 15.6 Å². The highest BCUT2D eigenvalue weighted by Crippen LogP contribution is 2.43. The number of hydrogen-bond donors (Lipinski definition) is 2. The second kappa shape index (κ2) is 10.2. The van der Waals surface area contributed by atoms with Gasteiger partial charge in [0.05, 0.1) is 29.0 Å². The molecular weight excluding hydrogens is 479 g/mol. The van der Waals surface area contributed by atoms with Crippen molar-refractivity contribution in [2.45, 2.75) is 45.4 Å². The average molecular weight is 503 g/mol. The predicted octanol–water partition coefficient (Wildman–Crippen LogP) is 4.74. The molecule has 0 saturated carbocycles. The Hall–Kier alpha value is -4.14. The van der Waals surface area contributed by atoms with E-state index < -0.39 is 41.5 Å². The Morgan fingerprint density at radius 2 is 1.78 bits per heavy atom. The van der Waals surface area contributed by atoms with Crippen LogP contribution in [0.3, 0.4) is 0 Å². The molecule has 1 aromatic heterocycles. The lowest BCUT2D eigenvalue weighted by Gasteiger charge is -2.35. The number of carbonyl (C=O) groups is 3. The number of nitrogens with zero attached hydrogens (tertiary/aromatic N) is 3. The molecule has 2 amide bonds. The van der Waals surface area contributed by atoms with Crippen LogP contribution in [0.2, 0.25) is 0 Å². The highest BCUT2D eigenvalue weighted by Gasteiger charge is 2.37. The van der Waals surface area contributed by atoms with Crippen LogP contribution in [-0.4, -0.2) is 41.5 Å². The second-order valence-electron chi connectivity index (χ2n) is 9.07. The number of ether oxygens (including phenoxy) is 1. The molecule has 190 valence electrons. The van der Waals surface area contributed by atoms with Crippen molar-refractivity contribution in [2.75, 3.05) is 28.6 Å². The number of alkyl halides is 3. The lowest BCUT2D eigenvalue weighted by atomic mass is 10.0. The molecule has 9 nitrogen and oxygen atoms in total. The first kappa shape index (κ1) is 26.5. The molecule has 2 N–H and O–H groups in total. The fourth-order valence-electron chi connectivity index (χ4n) is 3.36. The summed E-state index contributed by atoms with van der Waals surface area (Å²) >= 11 is 0.